The van der Waals surface area contributed by atoms with E-state index in [0.717, 1.165) is 50.2 Å². The predicted octanol–water partition coefficient (Wildman–Crippen LogP) is 5.22. The van der Waals surface area contributed by atoms with E-state index in [1.165, 1.54) is 38.5 Å². The lowest BCUT2D eigenvalue weighted by atomic mass is 10.1. The molecule has 0 amide bonds. The number of aliphatic hydroxyl groups excluding tert-OH is 1. The molecule has 0 aliphatic heterocycles. The number of carbonyl (C=O) groups excluding carboxylic acids is 1. The van der Waals surface area contributed by atoms with Crippen LogP contribution in [0.3, 0.4) is 0 Å². The molecular formula is C20H34O2. The Hall–Kier alpha value is -0.890. The molecular weight excluding hydrogens is 272 g/mol. The van der Waals surface area contributed by atoms with Gasteiger partial charge in [0, 0.05) is 6.42 Å². The van der Waals surface area contributed by atoms with Crippen LogP contribution in [0.4, 0.5) is 0 Å². The number of hydrogen-bond acceptors (Lipinski definition) is 2. The molecule has 1 aliphatic rings. The fraction of sp³-hybridized carbons (Fsp3) is 0.750. The molecule has 0 heterocycles. The van der Waals surface area contributed by atoms with E-state index in [4.69, 9.17) is 0 Å². The van der Waals surface area contributed by atoms with Crippen molar-refractivity contribution in [1.82, 2.24) is 0 Å². The number of aldehydes is 1. The van der Waals surface area contributed by atoms with Crippen LogP contribution < -0.4 is 0 Å². The highest BCUT2D eigenvalue weighted by Gasteiger charge is 2.34. The molecule has 3 atom stereocenters. The Kier molecular flexibility index (Phi) is 11.0. The Morgan fingerprint density at radius 1 is 1.05 bits per heavy atom. The Balaban J connectivity index is 1.95. The molecule has 0 aromatic heterocycles. The van der Waals surface area contributed by atoms with Gasteiger partial charge in [-0.1, -0.05) is 63.3 Å². The smallest absolute Gasteiger partial charge is 0.119 e. The van der Waals surface area contributed by atoms with Gasteiger partial charge in [0.25, 0.3) is 0 Å². The molecule has 0 aromatic rings. The van der Waals surface area contributed by atoms with Crippen LogP contribution in [-0.2, 0) is 4.79 Å². The summed E-state index contributed by atoms with van der Waals surface area (Å²) < 4.78 is 0. The van der Waals surface area contributed by atoms with Crippen LogP contribution >= 0.6 is 0 Å². The minimum atomic E-state index is -0.282. The average Bonchev–Trinajstić information content (AvgIpc) is 3.26. The van der Waals surface area contributed by atoms with Crippen LogP contribution in [0.25, 0.3) is 0 Å². The molecule has 1 N–H and O–H groups in total. The number of hydrogen-bond donors (Lipinski definition) is 1. The SMILES string of the molecule is CCCCCC(O)/C=C/C=C/CCC1CC1CCCCC=O. The molecule has 1 saturated carbocycles. The van der Waals surface area contributed by atoms with Crippen molar-refractivity contribution in [2.45, 2.75) is 83.7 Å². The number of carbonyl (C=O) groups is 1. The zero-order valence-electron chi connectivity index (χ0n) is 14.3. The van der Waals surface area contributed by atoms with E-state index in [-0.39, 0.29) is 6.10 Å². The maximum absolute atomic E-state index is 10.2. The first-order valence-corrected chi connectivity index (χ1v) is 9.23. The van der Waals surface area contributed by atoms with Crippen molar-refractivity contribution < 1.29 is 9.90 Å². The van der Waals surface area contributed by atoms with Gasteiger partial charge in [0.05, 0.1) is 6.10 Å². The largest absolute Gasteiger partial charge is 0.389 e. The molecule has 22 heavy (non-hydrogen) atoms. The van der Waals surface area contributed by atoms with Crippen LogP contribution in [0.15, 0.2) is 24.3 Å². The molecule has 0 radical (unpaired) electrons. The first-order chi connectivity index (χ1) is 10.8. The summed E-state index contributed by atoms with van der Waals surface area (Å²) in [7, 11) is 0. The minimum Gasteiger partial charge on any atom is -0.389 e. The lowest BCUT2D eigenvalue weighted by molar-refractivity contribution is -0.107. The van der Waals surface area contributed by atoms with Gasteiger partial charge in [-0.15, -0.1) is 0 Å². The highest BCUT2D eigenvalue weighted by atomic mass is 16.3. The van der Waals surface area contributed by atoms with E-state index in [9.17, 15) is 9.90 Å². The summed E-state index contributed by atoms with van der Waals surface area (Å²) in [6.45, 7) is 2.18. The van der Waals surface area contributed by atoms with Gasteiger partial charge in [0.15, 0.2) is 0 Å². The van der Waals surface area contributed by atoms with E-state index in [2.05, 4.69) is 19.1 Å². The molecule has 1 rings (SSSR count). The maximum atomic E-state index is 10.2. The van der Waals surface area contributed by atoms with Crippen molar-refractivity contribution in [3.63, 3.8) is 0 Å². The summed E-state index contributed by atoms with van der Waals surface area (Å²) in [5.74, 6) is 1.85. The number of rotatable bonds is 14. The summed E-state index contributed by atoms with van der Waals surface area (Å²) in [6, 6.07) is 0. The molecule has 2 nitrogen and oxygen atoms in total. The van der Waals surface area contributed by atoms with Crippen molar-refractivity contribution in [3.05, 3.63) is 24.3 Å². The van der Waals surface area contributed by atoms with Crippen LogP contribution in [0, 0.1) is 11.8 Å². The fourth-order valence-electron chi connectivity index (χ4n) is 3.03. The quantitative estimate of drug-likeness (QED) is 0.271. The van der Waals surface area contributed by atoms with Gasteiger partial charge in [-0.05, 0) is 43.9 Å². The van der Waals surface area contributed by atoms with Crippen molar-refractivity contribution in [2.24, 2.45) is 11.8 Å². The molecule has 0 bridgehead atoms. The molecule has 1 fully saturated rings. The third-order valence-corrected chi connectivity index (χ3v) is 4.60. The second-order valence-electron chi connectivity index (χ2n) is 6.66. The monoisotopic (exact) mass is 306 g/mol. The zero-order valence-corrected chi connectivity index (χ0v) is 14.3. The first kappa shape index (κ1) is 19.2. The van der Waals surface area contributed by atoms with E-state index in [1.807, 2.05) is 12.2 Å². The summed E-state index contributed by atoms with van der Waals surface area (Å²) in [5, 5.41) is 9.74. The van der Waals surface area contributed by atoms with E-state index >= 15 is 0 Å². The molecule has 0 aromatic carbocycles. The summed E-state index contributed by atoms with van der Waals surface area (Å²) in [5.41, 5.74) is 0. The number of allylic oxidation sites excluding steroid dienone is 3. The fourth-order valence-corrected chi connectivity index (χ4v) is 3.03. The van der Waals surface area contributed by atoms with E-state index in [1.54, 1.807) is 0 Å². The summed E-state index contributed by atoms with van der Waals surface area (Å²) >= 11 is 0. The lowest BCUT2D eigenvalue weighted by Gasteiger charge is -2.03. The second kappa shape index (κ2) is 12.6. The maximum Gasteiger partial charge on any atom is 0.119 e. The van der Waals surface area contributed by atoms with Crippen LogP contribution in [0.5, 0.6) is 0 Å². The van der Waals surface area contributed by atoms with Crippen molar-refractivity contribution in [3.8, 4) is 0 Å². The number of unbranched alkanes of at least 4 members (excludes halogenated alkanes) is 4. The molecule has 1 aliphatic carbocycles. The topological polar surface area (TPSA) is 37.3 Å². The minimum absolute atomic E-state index is 0.282. The highest BCUT2D eigenvalue weighted by Crippen LogP contribution is 2.45. The average molecular weight is 306 g/mol. The van der Waals surface area contributed by atoms with Gasteiger partial charge in [0.1, 0.15) is 6.29 Å². The van der Waals surface area contributed by atoms with Crippen LogP contribution in [0.1, 0.15) is 77.6 Å². The van der Waals surface area contributed by atoms with Crippen molar-refractivity contribution in [1.29, 1.82) is 0 Å². The summed E-state index contributed by atoms with van der Waals surface area (Å²) in [6.07, 6.45) is 21.5. The van der Waals surface area contributed by atoms with Gasteiger partial charge >= 0.3 is 0 Å². The van der Waals surface area contributed by atoms with Crippen molar-refractivity contribution in [2.75, 3.05) is 0 Å². The van der Waals surface area contributed by atoms with E-state index in [0.29, 0.717) is 0 Å². The molecule has 2 heteroatoms. The predicted molar refractivity (Wildman–Crippen MR) is 93.8 cm³/mol. The Bertz CT molecular complexity index is 333. The van der Waals surface area contributed by atoms with Crippen molar-refractivity contribution >= 4 is 6.29 Å². The summed E-state index contributed by atoms with van der Waals surface area (Å²) in [4.78, 5) is 10.2. The molecule has 0 saturated heterocycles. The molecule has 126 valence electrons. The standard InChI is InChI=1S/C20H34O2/c1-2-3-7-14-20(22)15-10-5-4-8-12-18-17-19(18)13-9-6-11-16-21/h4-5,10,15-16,18-20,22H,2-3,6-9,11-14,17H2,1H3/b5-4+,15-10+. The van der Waals surface area contributed by atoms with E-state index < -0.39 is 0 Å². The molecule has 3 unspecified atom stereocenters. The Morgan fingerprint density at radius 2 is 1.86 bits per heavy atom. The van der Waals surface area contributed by atoms with Gasteiger partial charge in [-0.2, -0.15) is 0 Å². The van der Waals surface area contributed by atoms with Crippen LogP contribution in [0.2, 0.25) is 0 Å². The third kappa shape index (κ3) is 9.94. The number of aliphatic hydroxyl groups is 1. The zero-order chi connectivity index (χ0) is 16.0. The Labute approximate surface area is 136 Å². The van der Waals surface area contributed by atoms with Crippen LogP contribution in [-0.4, -0.2) is 17.5 Å². The first-order valence-electron chi connectivity index (χ1n) is 9.23. The molecule has 0 spiro atoms. The third-order valence-electron chi connectivity index (χ3n) is 4.60. The van der Waals surface area contributed by atoms with Gasteiger partial charge < -0.3 is 9.90 Å². The highest BCUT2D eigenvalue weighted by molar-refractivity contribution is 5.48. The lowest BCUT2D eigenvalue weighted by Crippen LogP contribution is -2.00. The second-order valence-corrected chi connectivity index (χ2v) is 6.66. The van der Waals surface area contributed by atoms with Gasteiger partial charge in [-0.3, -0.25) is 0 Å². The van der Waals surface area contributed by atoms with Gasteiger partial charge in [-0.25, -0.2) is 0 Å². The normalized spacial score (nSPS) is 22.5. The Morgan fingerprint density at radius 3 is 2.64 bits per heavy atom. The van der Waals surface area contributed by atoms with Gasteiger partial charge in [0.2, 0.25) is 0 Å².